The minimum Gasteiger partial charge on any atom is -0.378 e. The Morgan fingerprint density at radius 2 is 2.53 bits per heavy atom. The molecule has 0 bridgehead atoms. The maximum atomic E-state index is 6.08. The van der Waals surface area contributed by atoms with Gasteiger partial charge in [-0.3, -0.25) is 4.98 Å². The van der Waals surface area contributed by atoms with E-state index in [4.69, 9.17) is 10.5 Å². The summed E-state index contributed by atoms with van der Waals surface area (Å²) < 4.78 is 5.57. The molecule has 2 unspecified atom stereocenters. The summed E-state index contributed by atoms with van der Waals surface area (Å²) in [6.07, 6.45) is 8.50. The van der Waals surface area contributed by atoms with E-state index in [1.54, 1.807) is 6.20 Å². The average Bonchev–Trinajstić information content (AvgIpc) is 2.80. The highest BCUT2D eigenvalue weighted by molar-refractivity contribution is 5.12. The summed E-state index contributed by atoms with van der Waals surface area (Å²) in [4.78, 5) is 4.07. The predicted molar refractivity (Wildman–Crippen MR) is 59.4 cm³/mol. The molecule has 2 atom stereocenters. The first-order valence-corrected chi connectivity index (χ1v) is 5.63. The summed E-state index contributed by atoms with van der Waals surface area (Å²) in [5, 5.41) is 0. The Labute approximate surface area is 90.7 Å². The summed E-state index contributed by atoms with van der Waals surface area (Å²) >= 11 is 0. The molecule has 3 nitrogen and oxygen atoms in total. The Kier molecular flexibility index (Phi) is 3.69. The van der Waals surface area contributed by atoms with Crippen molar-refractivity contribution in [1.29, 1.82) is 0 Å². The predicted octanol–water partition coefficient (Wildman–Crippen LogP) is 2.04. The van der Waals surface area contributed by atoms with Crippen molar-refractivity contribution in [2.24, 2.45) is 5.73 Å². The Hall–Kier alpha value is -0.930. The fourth-order valence-corrected chi connectivity index (χ4v) is 2.00. The molecule has 0 radical (unpaired) electrons. The number of ether oxygens (including phenoxy) is 1. The van der Waals surface area contributed by atoms with Gasteiger partial charge in [-0.15, -0.1) is 0 Å². The van der Waals surface area contributed by atoms with Crippen LogP contribution in [0.4, 0.5) is 0 Å². The van der Waals surface area contributed by atoms with E-state index >= 15 is 0 Å². The second kappa shape index (κ2) is 5.24. The molecule has 3 heteroatoms. The van der Waals surface area contributed by atoms with Crippen LogP contribution in [0.15, 0.2) is 24.5 Å². The van der Waals surface area contributed by atoms with Crippen LogP contribution in [0.1, 0.15) is 37.3 Å². The molecule has 2 heterocycles. The van der Waals surface area contributed by atoms with Gasteiger partial charge in [0.1, 0.15) is 0 Å². The molecule has 82 valence electrons. The molecule has 1 saturated heterocycles. The number of hydrogen-bond acceptors (Lipinski definition) is 3. The van der Waals surface area contributed by atoms with Crippen molar-refractivity contribution in [2.75, 3.05) is 6.61 Å². The van der Waals surface area contributed by atoms with Crippen LogP contribution in [0.3, 0.4) is 0 Å². The monoisotopic (exact) mass is 206 g/mol. The molecule has 2 rings (SSSR count). The van der Waals surface area contributed by atoms with Crippen molar-refractivity contribution in [1.82, 2.24) is 4.98 Å². The molecule has 0 amide bonds. The van der Waals surface area contributed by atoms with E-state index < -0.39 is 0 Å². The van der Waals surface area contributed by atoms with Crippen molar-refractivity contribution in [3.05, 3.63) is 30.1 Å². The van der Waals surface area contributed by atoms with Gasteiger partial charge in [-0.2, -0.15) is 0 Å². The summed E-state index contributed by atoms with van der Waals surface area (Å²) in [6, 6.07) is 4.07. The van der Waals surface area contributed by atoms with Crippen LogP contribution in [-0.2, 0) is 4.74 Å². The van der Waals surface area contributed by atoms with Crippen LogP contribution in [0, 0.1) is 0 Å². The molecule has 15 heavy (non-hydrogen) atoms. The van der Waals surface area contributed by atoms with Gasteiger partial charge in [0.2, 0.25) is 0 Å². The van der Waals surface area contributed by atoms with Crippen LogP contribution in [0.25, 0.3) is 0 Å². The van der Waals surface area contributed by atoms with E-state index in [0.29, 0.717) is 6.10 Å². The van der Waals surface area contributed by atoms with Gasteiger partial charge >= 0.3 is 0 Å². The third-order valence-corrected chi connectivity index (χ3v) is 2.94. The topological polar surface area (TPSA) is 48.1 Å². The molecule has 1 aromatic rings. The van der Waals surface area contributed by atoms with Gasteiger partial charge in [-0.25, -0.2) is 0 Å². The van der Waals surface area contributed by atoms with Gasteiger partial charge in [0.05, 0.1) is 6.10 Å². The zero-order valence-electron chi connectivity index (χ0n) is 8.93. The Balaban J connectivity index is 1.79. The summed E-state index contributed by atoms with van der Waals surface area (Å²) in [5.41, 5.74) is 7.20. The minimum atomic E-state index is 0.0999. The molecule has 2 N–H and O–H groups in total. The van der Waals surface area contributed by atoms with Crippen molar-refractivity contribution in [3.8, 4) is 0 Å². The van der Waals surface area contributed by atoms with Crippen LogP contribution in [0.5, 0.6) is 0 Å². The quantitative estimate of drug-likeness (QED) is 0.820. The first kappa shape index (κ1) is 10.6. The summed E-state index contributed by atoms with van der Waals surface area (Å²) in [5.74, 6) is 0. The van der Waals surface area contributed by atoms with Gasteiger partial charge in [-0.05, 0) is 37.3 Å². The molecule has 1 aromatic heterocycles. The molecular weight excluding hydrogens is 188 g/mol. The van der Waals surface area contributed by atoms with E-state index in [-0.39, 0.29) is 6.04 Å². The minimum absolute atomic E-state index is 0.0999. The van der Waals surface area contributed by atoms with Crippen LogP contribution in [0.2, 0.25) is 0 Å². The Morgan fingerprint density at radius 1 is 1.60 bits per heavy atom. The highest BCUT2D eigenvalue weighted by atomic mass is 16.5. The maximum absolute atomic E-state index is 6.08. The van der Waals surface area contributed by atoms with Gasteiger partial charge in [-0.1, -0.05) is 6.07 Å². The molecule has 1 fully saturated rings. The second-order valence-electron chi connectivity index (χ2n) is 4.11. The molecule has 0 aromatic carbocycles. The lowest BCUT2D eigenvalue weighted by molar-refractivity contribution is 0.101. The zero-order chi connectivity index (χ0) is 10.5. The average molecular weight is 206 g/mol. The third kappa shape index (κ3) is 3.01. The maximum Gasteiger partial charge on any atom is 0.0576 e. The highest BCUT2D eigenvalue weighted by Gasteiger charge is 2.16. The normalized spacial score (nSPS) is 22.9. The van der Waals surface area contributed by atoms with Gasteiger partial charge in [0.25, 0.3) is 0 Å². The van der Waals surface area contributed by atoms with E-state index in [1.165, 1.54) is 12.8 Å². The first-order valence-electron chi connectivity index (χ1n) is 5.63. The fourth-order valence-electron chi connectivity index (χ4n) is 2.00. The number of aromatic nitrogens is 1. The number of hydrogen-bond donors (Lipinski definition) is 1. The van der Waals surface area contributed by atoms with Crippen molar-refractivity contribution in [3.63, 3.8) is 0 Å². The zero-order valence-corrected chi connectivity index (χ0v) is 8.93. The number of nitrogens with two attached hydrogens (primary N) is 1. The molecule has 1 aliphatic heterocycles. The summed E-state index contributed by atoms with van der Waals surface area (Å²) in [6.45, 7) is 0.923. The lowest BCUT2D eigenvalue weighted by atomic mass is 10.0. The highest BCUT2D eigenvalue weighted by Crippen LogP contribution is 2.21. The molecule has 0 saturated carbocycles. The number of pyridine rings is 1. The van der Waals surface area contributed by atoms with E-state index in [1.807, 2.05) is 18.3 Å². The fraction of sp³-hybridized carbons (Fsp3) is 0.583. The van der Waals surface area contributed by atoms with Crippen molar-refractivity contribution >= 4 is 0 Å². The molecule has 0 aliphatic carbocycles. The SMILES string of the molecule is NC(CCC1CCCO1)c1cccnc1. The largest absolute Gasteiger partial charge is 0.378 e. The summed E-state index contributed by atoms with van der Waals surface area (Å²) in [7, 11) is 0. The van der Waals surface area contributed by atoms with Crippen LogP contribution < -0.4 is 5.73 Å². The smallest absolute Gasteiger partial charge is 0.0576 e. The van der Waals surface area contributed by atoms with Crippen molar-refractivity contribution < 1.29 is 4.74 Å². The van der Waals surface area contributed by atoms with E-state index in [9.17, 15) is 0 Å². The molecule has 1 aliphatic rings. The lowest BCUT2D eigenvalue weighted by Crippen LogP contribution is -2.14. The Bertz CT molecular complexity index is 283. The Morgan fingerprint density at radius 3 is 3.20 bits per heavy atom. The number of nitrogens with zero attached hydrogens (tertiary/aromatic N) is 1. The first-order chi connectivity index (χ1) is 7.36. The second-order valence-corrected chi connectivity index (χ2v) is 4.11. The van der Waals surface area contributed by atoms with Crippen LogP contribution in [-0.4, -0.2) is 17.7 Å². The van der Waals surface area contributed by atoms with Crippen LogP contribution >= 0.6 is 0 Å². The number of rotatable bonds is 4. The van der Waals surface area contributed by atoms with Gasteiger partial charge in [0, 0.05) is 25.0 Å². The van der Waals surface area contributed by atoms with E-state index in [2.05, 4.69) is 4.98 Å². The molecular formula is C12H18N2O. The standard InChI is InChI=1S/C12H18N2O/c13-12(10-3-1-7-14-9-10)6-5-11-4-2-8-15-11/h1,3,7,9,11-12H,2,4-6,8,13H2. The lowest BCUT2D eigenvalue weighted by Gasteiger charge is -2.14. The van der Waals surface area contributed by atoms with E-state index in [0.717, 1.165) is 25.0 Å². The van der Waals surface area contributed by atoms with Gasteiger partial charge < -0.3 is 10.5 Å². The third-order valence-electron chi connectivity index (χ3n) is 2.94. The van der Waals surface area contributed by atoms with Gasteiger partial charge in [0.15, 0.2) is 0 Å². The van der Waals surface area contributed by atoms with Crippen molar-refractivity contribution in [2.45, 2.75) is 37.8 Å². The molecule has 0 spiro atoms.